The molecule has 1 rings (SSSR count). The van der Waals surface area contributed by atoms with Crippen LogP contribution in [-0.2, 0) is 4.79 Å². The Kier molecular flexibility index (Phi) is 4.62. The summed E-state index contributed by atoms with van der Waals surface area (Å²) in [5.41, 5.74) is 6.84. The zero-order chi connectivity index (χ0) is 12.1. The lowest BCUT2D eigenvalue weighted by Gasteiger charge is -2.11. The van der Waals surface area contributed by atoms with Crippen LogP contribution in [0.5, 0.6) is 0 Å². The molecule has 0 saturated carbocycles. The van der Waals surface area contributed by atoms with E-state index in [0.717, 1.165) is 6.42 Å². The van der Waals surface area contributed by atoms with Gasteiger partial charge in [0.05, 0.1) is 11.4 Å². The van der Waals surface area contributed by atoms with Gasteiger partial charge in [-0.05, 0) is 24.1 Å². The highest BCUT2D eigenvalue weighted by Gasteiger charge is 2.09. The smallest absolute Gasteiger partial charge is 0.224 e. The zero-order valence-electron chi connectivity index (χ0n) is 9.59. The molecular weight excluding hydrogens is 224 g/mol. The molecule has 4 heteroatoms. The third-order valence-corrected chi connectivity index (χ3v) is 2.76. The lowest BCUT2D eigenvalue weighted by molar-refractivity contribution is -0.117. The van der Waals surface area contributed by atoms with Gasteiger partial charge in [0.2, 0.25) is 5.91 Å². The third kappa shape index (κ3) is 3.74. The van der Waals surface area contributed by atoms with Gasteiger partial charge < -0.3 is 11.1 Å². The highest BCUT2D eigenvalue weighted by atomic mass is 35.5. The number of nitrogens with two attached hydrogens (primary N) is 1. The van der Waals surface area contributed by atoms with E-state index < -0.39 is 0 Å². The van der Waals surface area contributed by atoms with E-state index in [1.165, 1.54) is 0 Å². The molecule has 0 aliphatic rings. The molecule has 0 fully saturated rings. The molecule has 0 saturated heterocycles. The standard InChI is InChI=1S/C12H17ClN2O/c1-3-8(2)6-12(16)15-11-7-9(13)4-5-10(11)14/h4-5,7-8H,3,6,14H2,1-2H3,(H,15,16). The lowest BCUT2D eigenvalue weighted by Crippen LogP contribution is -2.15. The van der Waals surface area contributed by atoms with Gasteiger partial charge in [-0.1, -0.05) is 31.9 Å². The molecular formula is C12H17ClN2O. The van der Waals surface area contributed by atoms with E-state index in [4.69, 9.17) is 17.3 Å². The second-order valence-corrected chi connectivity index (χ2v) is 4.43. The minimum Gasteiger partial charge on any atom is -0.397 e. The van der Waals surface area contributed by atoms with Crippen LogP contribution >= 0.6 is 11.6 Å². The quantitative estimate of drug-likeness (QED) is 0.794. The van der Waals surface area contributed by atoms with Gasteiger partial charge in [-0.25, -0.2) is 0 Å². The Morgan fingerprint density at radius 2 is 2.25 bits per heavy atom. The van der Waals surface area contributed by atoms with Crippen LogP contribution in [-0.4, -0.2) is 5.91 Å². The summed E-state index contributed by atoms with van der Waals surface area (Å²) in [6, 6.07) is 5.04. The largest absolute Gasteiger partial charge is 0.397 e. The van der Waals surface area contributed by atoms with Crippen molar-refractivity contribution < 1.29 is 4.79 Å². The first kappa shape index (κ1) is 12.8. The summed E-state index contributed by atoms with van der Waals surface area (Å²) < 4.78 is 0. The molecule has 0 bridgehead atoms. The van der Waals surface area contributed by atoms with Crippen molar-refractivity contribution in [2.45, 2.75) is 26.7 Å². The molecule has 1 amide bonds. The normalized spacial score (nSPS) is 12.2. The Bertz CT molecular complexity index is 379. The Hall–Kier alpha value is -1.22. The van der Waals surface area contributed by atoms with E-state index in [9.17, 15) is 4.79 Å². The maximum atomic E-state index is 11.6. The van der Waals surface area contributed by atoms with Crippen LogP contribution in [0.25, 0.3) is 0 Å². The predicted molar refractivity (Wildman–Crippen MR) is 68.6 cm³/mol. The zero-order valence-corrected chi connectivity index (χ0v) is 10.3. The second kappa shape index (κ2) is 5.75. The van der Waals surface area contributed by atoms with E-state index in [-0.39, 0.29) is 5.91 Å². The van der Waals surface area contributed by atoms with Gasteiger partial charge in [-0.2, -0.15) is 0 Å². The first-order valence-corrected chi connectivity index (χ1v) is 5.75. The number of hydrogen-bond acceptors (Lipinski definition) is 2. The molecule has 0 aliphatic carbocycles. The van der Waals surface area contributed by atoms with Gasteiger partial charge in [-0.15, -0.1) is 0 Å². The number of carbonyl (C=O) groups is 1. The number of amides is 1. The van der Waals surface area contributed by atoms with Crippen LogP contribution in [0.2, 0.25) is 5.02 Å². The third-order valence-electron chi connectivity index (χ3n) is 2.52. The van der Waals surface area contributed by atoms with Gasteiger partial charge in [0.15, 0.2) is 0 Å². The van der Waals surface area contributed by atoms with Crippen LogP contribution < -0.4 is 11.1 Å². The summed E-state index contributed by atoms with van der Waals surface area (Å²) in [6.07, 6.45) is 1.49. The maximum absolute atomic E-state index is 11.6. The molecule has 0 spiro atoms. The van der Waals surface area contributed by atoms with Crippen molar-refractivity contribution in [3.8, 4) is 0 Å². The number of nitrogens with one attached hydrogen (secondary N) is 1. The molecule has 1 aromatic rings. The Labute approximate surface area is 101 Å². The van der Waals surface area contributed by atoms with Crippen LogP contribution in [0.3, 0.4) is 0 Å². The van der Waals surface area contributed by atoms with Crippen LogP contribution in [0.1, 0.15) is 26.7 Å². The average molecular weight is 241 g/mol. The Morgan fingerprint density at radius 3 is 2.88 bits per heavy atom. The predicted octanol–water partition coefficient (Wildman–Crippen LogP) is 3.30. The molecule has 16 heavy (non-hydrogen) atoms. The number of hydrogen-bond donors (Lipinski definition) is 2. The fraction of sp³-hybridized carbons (Fsp3) is 0.417. The van der Waals surface area contributed by atoms with Crippen molar-refractivity contribution in [3.05, 3.63) is 23.2 Å². The molecule has 0 aliphatic heterocycles. The topological polar surface area (TPSA) is 55.1 Å². The summed E-state index contributed by atoms with van der Waals surface area (Å²) in [7, 11) is 0. The summed E-state index contributed by atoms with van der Waals surface area (Å²) in [5.74, 6) is 0.351. The molecule has 1 unspecified atom stereocenters. The van der Waals surface area contributed by atoms with Crippen molar-refractivity contribution in [1.82, 2.24) is 0 Å². The number of benzene rings is 1. The second-order valence-electron chi connectivity index (χ2n) is 4.00. The molecule has 0 aromatic heterocycles. The Balaban J connectivity index is 2.65. The van der Waals surface area contributed by atoms with Crippen LogP contribution in [0.15, 0.2) is 18.2 Å². The molecule has 3 N–H and O–H groups in total. The number of nitrogen functional groups attached to an aromatic ring is 1. The van der Waals surface area contributed by atoms with Gasteiger partial charge in [0, 0.05) is 11.4 Å². The molecule has 88 valence electrons. The van der Waals surface area contributed by atoms with Crippen molar-refractivity contribution >= 4 is 28.9 Å². The monoisotopic (exact) mass is 240 g/mol. The van der Waals surface area contributed by atoms with Crippen molar-refractivity contribution in [3.63, 3.8) is 0 Å². The van der Waals surface area contributed by atoms with Crippen molar-refractivity contribution in [1.29, 1.82) is 0 Å². The van der Waals surface area contributed by atoms with Crippen molar-refractivity contribution in [2.75, 3.05) is 11.1 Å². The van der Waals surface area contributed by atoms with Gasteiger partial charge >= 0.3 is 0 Å². The van der Waals surface area contributed by atoms with Crippen LogP contribution in [0.4, 0.5) is 11.4 Å². The highest BCUT2D eigenvalue weighted by molar-refractivity contribution is 6.31. The average Bonchev–Trinajstić information content (AvgIpc) is 2.23. The highest BCUT2D eigenvalue weighted by Crippen LogP contribution is 2.23. The summed E-state index contributed by atoms with van der Waals surface area (Å²) in [4.78, 5) is 11.6. The maximum Gasteiger partial charge on any atom is 0.224 e. The summed E-state index contributed by atoms with van der Waals surface area (Å²) >= 11 is 5.83. The fourth-order valence-electron chi connectivity index (χ4n) is 1.30. The SMILES string of the molecule is CCC(C)CC(=O)Nc1cc(Cl)ccc1N. The number of halogens is 1. The lowest BCUT2D eigenvalue weighted by atomic mass is 10.0. The van der Waals surface area contributed by atoms with Gasteiger partial charge in [0.25, 0.3) is 0 Å². The first-order valence-electron chi connectivity index (χ1n) is 5.37. The summed E-state index contributed by atoms with van der Waals surface area (Å²) in [5, 5.41) is 3.33. The molecule has 1 atom stereocenters. The molecule has 0 heterocycles. The van der Waals surface area contributed by atoms with E-state index in [1.54, 1.807) is 18.2 Å². The molecule has 3 nitrogen and oxygen atoms in total. The minimum atomic E-state index is -0.0247. The number of anilines is 2. The van der Waals surface area contributed by atoms with E-state index in [0.29, 0.717) is 28.7 Å². The summed E-state index contributed by atoms with van der Waals surface area (Å²) in [6.45, 7) is 4.10. The minimum absolute atomic E-state index is 0.0247. The van der Waals surface area contributed by atoms with Crippen molar-refractivity contribution in [2.24, 2.45) is 5.92 Å². The fourth-order valence-corrected chi connectivity index (χ4v) is 1.47. The first-order chi connectivity index (χ1) is 7.52. The Morgan fingerprint density at radius 1 is 1.56 bits per heavy atom. The van der Waals surface area contributed by atoms with Gasteiger partial charge in [-0.3, -0.25) is 4.79 Å². The van der Waals surface area contributed by atoms with E-state index in [1.807, 2.05) is 6.92 Å². The van der Waals surface area contributed by atoms with E-state index in [2.05, 4.69) is 12.2 Å². The molecule has 0 radical (unpaired) electrons. The molecule has 1 aromatic carbocycles. The van der Waals surface area contributed by atoms with Crippen LogP contribution in [0, 0.1) is 5.92 Å². The number of carbonyl (C=O) groups excluding carboxylic acids is 1. The van der Waals surface area contributed by atoms with E-state index >= 15 is 0 Å². The number of rotatable bonds is 4. The van der Waals surface area contributed by atoms with Gasteiger partial charge in [0.1, 0.15) is 0 Å².